The minimum absolute atomic E-state index is 0.329. The quantitative estimate of drug-likeness (QED) is 0.628. The number of aliphatic hydroxyl groups excluding tert-OH is 1. The minimum Gasteiger partial charge on any atom is -0.396 e. The van der Waals surface area contributed by atoms with Crippen LogP contribution in [-0.4, -0.2) is 51.4 Å². The second kappa shape index (κ2) is 9.83. The van der Waals surface area contributed by atoms with Gasteiger partial charge in [0.05, 0.1) is 19.3 Å². The Bertz CT molecular complexity index is 167. The first-order valence-electron chi connectivity index (χ1n) is 6.66. The molecule has 0 aromatic rings. The van der Waals surface area contributed by atoms with Crippen molar-refractivity contribution in [2.75, 3.05) is 40.1 Å². The molecule has 4 nitrogen and oxygen atoms in total. The molecule has 102 valence electrons. The van der Waals surface area contributed by atoms with Crippen molar-refractivity contribution >= 4 is 0 Å². The number of hydrogen-bond acceptors (Lipinski definition) is 4. The van der Waals surface area contributed by atoms with Crippen molar-refractivity contribution in [1.29, 1.82) is 0 Å². The van der Waals surface area contributed by atoms with Gasteiger partial charge in [0.15, 0.2) is 0 Å². The van der Waals surface area contributed by atoms with E-state index in [2.05, 4.69) is 0 Å². The molecule has 1 rings (SSSR count). The standard InChI is InChI=1S/C13H26O4/c1-15-7-2-8-16-9-10-17-13-5-3-12(11-14)4-6-13/h12-14H,2-11H2,1H3. The van der Waals surface area contributed by atoms with Crippen molar-refractivity contribution in [1.82, 2.24) is 0 Å². The van der Waals surface area contributed by atoms with Gasteiger partial charge in [0.2, 0.25) is 0 Å². The summed E-state index contributed by atoms with van der Waals surface area (Å²) >= 11 is 0. The van der Waals surface area contributed by atoms with Crippen LogP contribution in [0.5, 0.6) is 0 Å². The van der Waals surface area contributed by atoms with Crippen LogP contribution in [-0.2, 0) is 14.2 Å². The molecular formula is C13H26O4. The molecule has 0 unspecified atom stereocenters. The van der Waals surface area contributed by atoms with Crippen molar-refractivity contribution in [2.45, 2.75) is 38.2 Å². The van der Waals surface area contributed by atoms with Crippen LogP contribution in [0.4, 0.5) is 0 Å². The zero-order valence-corrected chi connectivity index (χ0v) is 10.9. The maximum absolute atomic E-state index is 9.02. The molecule has 0 aromatic carbocycles. The zero-order chi connectivity index (χ0) is 12.3. The van der Waals surface area contributed by atoms with Crippen molar-refractivity contribution < 1.29 is 19.3 Å². The maximum Gasteiger partial charge on any atom is 0.0704 e. The molecular weight excluding hydrogens is 220 g/mol. The van der Waals surface area contributed by atoms with Gasteiger partial charge in [0.1, 0.15) is 0 Å². The van der Waals surface area contributed by atoms with Crippen LogP contribution in [0.1, 0.15) is 32.1 Å². The summed E-state index contributed by atoms with van der Waals surface area (Å²) in [6, 6.07) is 0. The fourth-order valence-electron chi connectivity index (χ4n) is 2.16. The zero-order valence-electron chi connectivity index (χ0n) is 10.9. The van der Waals surface area contributed by atoms with Crippen molar-refractivity contribution in [3.8, 4) is 0 Å². The SMILES string of the molecule is COCCCOCCOC1CCC(CO)CC1. The van der Waals surface area contributed by atoms with Gasteiger partial charge in [-0.3, -0.25) is 0 Å². The average Bonchev–Trinajstić information content (AvgIpc) is 2.38. The molecule has 0 heterocycles. The van der Waals surface area contributed by atoms with Crippen LogP contribution < -0.4 is 0 Å². The summed E-state index contributed by atoms with van der Waals surface area (Å²) in [5, 5.41) is 9.02. The third-order valence-electron chi connectivity index (χ3n) is 3.27. The van der Waals surface area contributed by atoms with Crippen molar-refractivity contribution in [3.63, 3.8) is 0 Å². The number of methoxy groups -OCH3 is 1. The summed E-state index contributed by atoms with van der Waals surface area (Å²) < 4.78 is 16.1. The van der Waals surface area contributed by atoms with E-state index in [1.54, 1.807) is 7.11 Å². The average molecular weight is 246 g/mol. The van der Waals surface area contributed by atoms with Gasteiger partial charge >= 0.3 is 0 Å². The van der Waals surface area contributed by atoms with Crippen LogP contribution in [0.25, 0.3) is 0 Å². The number of hydrogen-bond donors (Lipinski definition) is 1. The molecule has 17 heavy (non-hydrogen) atoms. The Morgan fingerprint density at radius 3 is 2.41 bits per heavy atom. The van der Waals surface area contributed by atoms with E-state index in [1.165, 1.54) is 0 Å². The summed E-state index contributed by atoms with van der Waals surface area (Å²) in [5.41, 5.74) is 0. The Hall–Kier alpha value is -0.160. The topological polar surface area (TPSA) is 47.9 Å². The Morgan fingerprint density at radius 1 is 1.00 bits per heavy atom. The smallest absolute Gasteiger partial charge is 0.0704 e. The van der Waals surface area contributed by atoms with E-state index in [-0.39, 0.29) is 0 Å². The molecule has 0 amide bonds. The fraction of sp³-hybridized carbons (Fsp3) is 1.00. The lowest BCUT2D eigenvalue weighted by atomic mass is 9.88. The summed E-state index contributed by atoms with van der Waals surface area (Å²) in [6.07, 6.45) is 5.66. The third-order valence-corrected chi connectivity index (χ3v) is 3.27. The van der Waals surface area contributed by atoms with Crippen LogP contribution >= 0.6 is 0 Å². The van der Waals surface area contributed by atoms with Crippen LogP contribution in [0.2, 0.25) is 0 Å². The highest BCUT2D eigenvalue weighted by atomic mass is 16.5. The molecule has 0 bridgehead atoms. The molecule has 1 saturated carbocycles. The predicted octanol–water partition coefficient (Wildman–Crippen LogP) is 1.61. The van der Waals surface area contributed by atoms with Gasteiger partial charge in [-0.2, -0.15) is 0 Å². The Morgan fingerprint density at radius 2 is 1.76 bits per heavy atom. The largest absolute Gasteiger partial charge is 0.396 e. The molecule has 0 aliphatic heterocycles. The Balaban J connectivity index is 1.87. The van der Waals surface area contributed by atoms with Gasteiger partial charge in [-0.15, -0.1) is 0 Å². The molecule has 0 aromatic heterocycles. The number of rotatable bonds is 9. The van der Waals surface area contributed by atoms with E-state index in [1.807, 2.05) is 0 Å². The molecule has 1 aliphatic carbocycles. The van der Waals surface area contributed by atoms with E-state index < -0.39 is 0 Å². The van der Waals surface area contributed by atoms with Gasteiger partial charge in [-0.05, 0) is 38.0 Å². The van der Waals surface area contributed by atoms with E-state index >= 15 is 0 Å². The van der Waals surface area contributed by atoms with E-state index in [0.29, 0.717) is 31.8 Å². The number of ether oxygens (including phenoxy) is 3. The first-order chi connectivity index (χ1) is 8.36. The van der Waals surface area contributed by atoms with Gasteiger partial charge in [0, 0.05) is 26.9 Å². The Labute approximate surface area is 104 Å². The molecule has 1 aliphatic rings. The lowest BCUT2D eigenvalue weighted by Gasteiger charge is -2.27. The summed E-state index contributed by atoms with van der Waals surface area (Å²) in [6.45, 7) is 3.18. The maximum atomic E-state index is 9.02. The second-order valence-corrected chi connectivity index (χ2v) is 4.65. The highest BCUT2D eigenvalue weighted by Gasteiger charge is 2.20. The summed E-state index contributed by atoms with van der Waals surface area (Å²) in [7, 11) is 1.70. The predicted molar refractivity (Wildman–Crippen MR) is 66.1 cm³/mol. The molecule has 1 N–H and O–H groups in total. The highest BCUT2D eigenvalue weighted by molar-refractivity contribution is 4.72. The van der Waals surface area contributed by atoms with E-state index in [9.17, 15) is 0 Å². The van der Waals surface area contributed by atoms with Crippen molar-refractivity contribution in [3.05, 3.63) is 0 Å². The van der Waals surface area contributed by atoms with Crippen LogP contribution in [0.3, 0.4) is 0 Å². The monoisotopic (exact) mass is 246 g/mol. The molecule has 0 saturated heterocycles. The summed E-state index contributed by atoms with van der Waals surface area (Å²) in [5.74, 6) is 0.500. The first-order valence-corrected chi connectivity index (χ1v) is 6.66. The lowest BCUT2D eigenvalue weighted by molar-refractivity contribution is -0.0217. The molecule has 1 fully saturated rings. The lowest BCUT2D eigenvalue weighted by Crippen LogP contribution is -2.24. The van der Waals surface area contributed by atoms with Crippen LogP contribution in [0.15, 0.2) is 0 Å². The normalized spacial score (nSPS) is 25.1. The number of aliphatic hydroxyl groups is 1. The summed E-state index contributed by atoms with van der Waals surface area (Å²) in [4.78, 5) is 0. The molecule has 0 radical (unpaired) electrons. The van der Waals surface area contributed by atoms with E-state index in [0.717, 1.165) is 45.3 Å². The molecule has 0 atom stereocenters. The second-order valence-electron chi connectivity index (χ2n) is 4.65. The van der Waals surface area contributed by atoms with Gasteiger partial charge in [0.25, 0.3) is 0 Å². The fourth-order valence-corrected chi connectivity index (χ4v) is 2.16. The Kier molecular flexibility index (Phi) is 8.61. The first kappa shape index (κ1) is 14.9. The molecule has 0 spiro atoms. The van der Waals surface area contributed by atoms with E-state index in [4.69, 9.17) is 19.3 Å². The highest BCUT2D eigenvalue weighted by Crippen LogP contribution is 2.25. The van der Waals surface area contributed by atoms with Gasteiger partial charge < -0.3 is 19.3 Å². The third kappa shape index (κ3) is 6.99. The van der Waals surface area contributed by atoms with Crippen molar-refractivity contribution in [2.24, 2.45) is 5.92 Å². The van der Waals surface area contributed by atoms with Gasteiger partial charge in [-0.1, -0.05) is 0 Å². The van der Waals surface area contributed by atoms with Crippen LogP contribution in [0, 0.1) is 5.92 Å². The van der Waals surface area contributed by atoms with Gasteiger partial charge in [-0.25, -0.2) is 0 Å². The minimum atomic E-state index is 0.329. The molecule has 4 heteroatoms.